The maximum atomic E-state index is 12.9. The topological polar surface area (TPSA) is 70.6 Å². The van der Waals surface area contributed by atoms with Crippen LogP contribution in [0.15, 0.2) is 76.8 Å². The van der Waals surface area contributed by atoms with Crippen LogP contribution in [0.1, 0.15) is 51.7 Å². The van der Waals surface area contributed by atoms with Gasteiger partial charge in [-0.2, -0.15) is 5.10 Å². The van der Waals surface area contributed by atoms with Crippen LogP contribution in [0.2, 0.25) is 0 Å². The maximum Gasteiger partial charge on any atom is 0.287 e. The van der Waals surface area contributed by atoms with Gasteiger partial charge in [-0.15, -0.1) is 11.3 Å². The number of carbonyl (C=O) groups excluding carboxylic acids is 2. The quantitative estimate of drug-likeness (QED) is 0.322. The lowest BCUT2D eigenvalue weighted by molar-refractivity contribution is -0.117. The number of carbonyl (C=O) groups is 2. The van der Waals surface area contributed by atoms with Crippen molar-refractivity contribution in [3.63, 3.8) is 0 Å². The number of aryl methyl sites for hydroxylation is 2. The van der Waals surface area contributed by atoms with E-state index in [-0.39, 0.29) is 11.6 Å². The van der Waals surface area contributed by atoms with Gasteiger partial charge in [0.15, 0.2) is 0 Å². The first-order valence-corrected chi connectivity index (χ1v) is 11.6. The van der Waals surface area contributed by atoms with Gasteiger partial charge >= 0.3 is 0 Å². The standard InChI is InChI=1S/C26H25N3O2S/c1-18(21-14-13-19-8-5-6-11-22(19)16-21)28-29-26(31)24(17-23-12-7-15-32-23)27-25(30)20-9-3-2-4-10-20/h2-4,7,9-10,12-17H,5-6,8,11H2,1H3,(H,27,30)(H,29,31)/b24-17+,28-18+. The average molecular weight is 444 g/mol. The van der Waals surface area contributed by atoms with Crippen LogP contribution in [0, 0.1) is 0 Å². The molecule has 0 unspecified atom stereocenters. The Labute approximate surface area is 191 Å². The zero-order valence-corrected chi connectivity index (χ0v) is 18.7. The SMILES string of the molecule is C/C(=N\NC(=O)/C(=C\c1cccs1)NC(=O)c1ccccc1)c1ccc2c(c1)CCCC2. The van der Waals surface area contributed by atoms with Gasteiger partial charge in [0.1, 0.15) is 5.70 Å². The molecule has 6 heteroatoms. The van der Waals surface area contributed by atoms with Gasteiger partial charge in [-0.1, -0.05) is 36.4 Å². The van der Waals surface area contributed by atoms with Crippen molar-refractivity contribution < 1.29 is 9.59 Å². The maximum absolute atomic E-state index is 12.9. The Balaban J connectivity index is 1.51. The van der Waals surface area contributed by atoms with Crippen LogP contribution in [0.5, 0.6) is 0 Å². The number of fused-ring (bicyclic) bond motifs is 1. The summed E-state index contributed by atoms with van der Waals surface area (Å²) in [6.45, 7) is 1.87. The zero-order valence-electron chi connectivity index (χ0n) is 17.9. The van der Waals surface area contributed by atoms with Crippen molar-refractivity contribution in [2.45, 2.75) is 32.6 Å². The molecule has 0 saturated carbocycles. The number of hydrogen-bond donors (Lipinski definition) is 2. The molecule has 32 heavy (non-hydrogen) atoms. The summed E-state index contributed by atoms with van der Waals surface area (Å²) >= 11 is 1.48. The molecule has 0 aliphatic heterocycles. The predicted molar refractivity (Wildman–Crippen MR) is 130 cm³/mol. The third kappa shape index (κ3) is 5.39. The van der Waals surface area contributed by atoms with Crippen molar-refractivity contribution in [3.8, 4) is 0 Å². The van der Waals surface area contributed by atoms with Gasteiger partial charge in [0.2, 0.25) is 0 Å². The molecule has 162 valence electrons. The largest absolute Gasteiger partial charge is 0.317 e. The summed E-state index contributed by atoms with van der Waals surface area (Å²) in [6.07, 6.45) is 6.32. The number of nitrogens with zero attached hydrogens (tertiary/aromatic N) is 1. The fourth-order valence-electron chi connectivity index (χ4n) is 3.68. The van der Waals surface area contributed by atoms with E-state index in [2.05, 4.69) is 34.0 Å². The summed E-state index contributed by atoms with van der Waals surface area (Å²) in [5.74, 6) is -0.820. The molecule has 3 aromatic rings. The Kier molecular flexibility index (Phi) is 6.92. The summed E-state index contributed by atoms with van der Waals surface area (Å²) in [6, 6.07) is 19.0. The normalized spacial score (nSPS) is 13.9. The van der Waals surface area contributed by atoms with Crippen LogP contribution < -0.4 is 10.7 Å². The number of benzene rings is 2. The Bertz CT molecular complexity index is 1170. The zero-order chi connectivity index (χ0) is 22.3. The summed E-state index contributed by atoms with van der Waals surface area (Å²) in [5.41, 5.74) is 7.70. The van der Waals surface area contributed by atoms with E-state index < -0.39 is 5.91 Å². The second kappa shape index (κ2) is 10.2. The van der Waals surface area contributed by atoms with Crippen molar-refractivity contribution in [1.82, 2.24) is 10.7 Å². The van der Waals surface area contributed by atoms with Gasteiger partial charge in [-0.3, -0.25) is 9.59 Å². The highest BCUT2D eigenvalue weighted by Crippen LogP contribution is 2.22. The minimum absolute atomic E-state index is 0.142. The van der Waals surface area contributed by atoms with Gasteiger partial charge in [0.05, 0.1) is 5.71 Å². The number of hydrazone groups is 1. The molecule has 0 saturated heterocycles. The van der Waals surface area contributed by atoms with E-state index in [0.717, 1.165) is 29.0 Å². The van der Waals surface area contributed by atoms with Gasteiger partial charge in [-0.25, -0.2) is 5.43 Å². The molecule has 5 nitrogen and oxygen atoms in total. The van der Waals surface area contributed by atoms with Gasteiger partial charge in [0, 0.05) is 10.4 Å². The van der Waals surface area contributed by atoms with Crippen LogP contribution in [-0.2, 0) is 17.6 Å². The number of hydrogen-bond acceptors (Lipinski definition) is 4. The van der Waals surface area contributed by atoms with Crippen LogP contribution in [0.4, 0.5) is 0 Å². The molecule has 1 aliphatic carbocycles. The minimum Gasteiger partial charge on any atom is -0.317 e. The number of amides is 2. The Morgan fingerprint density at radius 3 is 2.47 bits per heavy atom. The molecule has 4 rings (SSSR count). The molecule has 2 aromatic carbocycles. The third-order valence-electron chi connectivity index (χ3n) is 5.45. The van der Waals surface area contributed by atoms with Crippen LogP contribution in [0.3, 0.4) is 0 Å². The minimum atomic E-state index is -0.472. The molecular weight excluding hydrogens is 418 g/mol. The van der Waals surface area contributed by atoms with Crippen LogP contribution >= 0.6 is 11.3 Å². The highest BCUT2D eigenvalue weighted by atomic mass is 32.1. The Hall–Kier alpha value is -3.51. The number of thiophene rings is 1. The highest BCUT2D eigenvalue weighted by Gasteiger charge is 2.15. The van der Waals surface area contributed by atoms with E-state index in [0.29, 0.717) is 5.56 Å². The fourth-order valence-corrected chi connectivity index (χ4v) is 4.33. The second-order valence-electron chi connectivity index (χ2n) is 7.72. The van der Waals surface area contributed by atoms with Crippen LogP contribution in [0.25, 0.3) is 6.08 Å². The highest BCUT2D eigenvalue weighted by molar-refractivity contribution is 7.10. The van der Waals surface area contributed by atoms with Gasteiger partial charge in [-0.05, 0) is 85.0 Å². The molecule has 0 fully saturated rings. The van der Waals surface area contributed by atoms with Gasteiger partial charge < -0.3 is 5.32 Å². The van der Waals surface area contributed by atoms with E-state index in [4.69, 9.17) is 0 Å². The van der Waals surface area contributed by atoms with Crippen molar-refractivity contribution in [1.29, 1.82) is 0 Å². The summed E-state index contributed by atoms with van der Waals surface area (Å²) in [4.78, 5) is 26.4. The van der Waals surface area contributed by atoms with Crippen LogP contribution in [-0.4, -0.2) is 17.5 Å². The van der Waals surface area contributed by atoms with Crippen molar-refractivity contribution >= 4 is 34.9 Å². The van der Waals surface area contributed by atoms with Crippen molar-refractivity contribution in [2.75, 3.05) is 0 Å². The Morgan fingerprint density at radius 1 is 0.938 bits per heavy atom. The molecule has 1 aromatic heterocycles. The first kappa shape index (κ1) is 21.7. The first-order valence-electron chi connectivity index (χ1n) is 10.7. The molecule has 1 heterocycles. The lowest BCUT2D eigenvalue weighted by Crippen LogP contribution is -2.33. The van der Waals surface area contributed by atoms with E-state index in [1.54, 1.807) is 30.3 Å². The summed E-state index contributed by atoms with van der Waals surface area (Å²) in [7, 11) is 0. The smallest absolute Gasteiger partial charge is 0.287 e. The molecular formula is C26H25N3O2S. The molecule has 1 aliphatic rings. The molecule has 0 radical (unpaired) electrons. The monoisotopic (exact) mass is 443 g/mol. The van der Waals surface area contributed by atoms with Crippen molar-refractivity contribution in [3.05, 3.63) is 98.9 Å². The predicted octanol–water partition coefficient (Wildman–Crippen LogP) is 4.94. The van der Waals surface area contributed by atoms with Gasteiger partial charge in [0.25, 0.3) is 11.8 Å². The van der Waals surface area contributed by atoms with E-state index in [1.165, 1.54) is 35.3 Å². The van der Waals surface area contributed by atoms with E-state index >= 15 is 0 Å². The first-order chi connectivity index (χ1) is 15.6. The molecule has 0 bridgehead atoms. The molecule has 2 N–H and O–H groups in total. The summed E-state index contributed by atoms with van der Waals surface area (Å²) < 4.78 is 0. The number of rotatable bonds is 6. The fraction of sp³-hybridized carbons (Fsp3) is 0.192. The van der Waals surface area contributed by atoms with E-state index in [1.807, 2.05) is 30.5 Å². The lowest BCUT2D eigenvalue weighted by Gasteiger charge is -2.16. The third-order valence-corrected chi connectivity index (χ3v) is 6.27. The summed E-state index contributed by atoms with van der Waals surface area (Å²) in [5, 5.41) is 8.94. The number of nitrogens with one attached hydrogen (secondary N) is 2. The molecule has 0 spiro atoms. The Morgan fingerprint density at radius 2 is 1.72 bits per heavy atom. The van der Waals surface area contributed by atoms with E-state index in [9.17, 15) is 9.59 Å². The lowest BCUT2D eigenvalue weighted by atomic mass is 9.90. The van der Waals surface area contributed by atoms with Crippen molar-refractivity contribution in [2.24, 2.45) is 5.10 Å². The second-order valence-corrected chi connectivity index (χ2v) is 8.70. The average Bonchev–Trinajstić information content (AvgIpc) is 3.35. The molecule has 0 atom stereocenters. The molecule has 2 amide bonds.